The molecule has 3 N–H and O–H groups in total. The number of aromatic amines is 1. The molecule has 0 aromatic carbocycles. The van der Waals surface area contributed by atoms with Crippen LogP contribution in [-0.4, -0.2) is 9.55 Å². The normalized spacial score (nSPS) is 10.0. The van der Waals surface area contributed by atoms with E-state index >= 15 is 0 Å². The minimum absolute atomic E-state index is 0.459. The Morgan fingerprint density at radius 3 is 2.64 bits per heavy atom. The third-order valence-corrected chi connectivity index (χ3v) is 1.31. The summed E-state index contributed by atoms with van der Waals surface area (Å²) in [6, 6.07) is 0. The zero-order valence-electron chi connectivity index (χ0n) is 5.72. The average Bonchev–Trinajstić information content (AvgIpc) is 1.97. The van der Waals surface area contributed by atoms with Gasteiger partial charge in [0.25, 0.3) is 5.56 Å². The number of nitrogens with zero attached hydrogens (tertiary/aromatic N) is 1. The zero-order chi connectivity index (χ0) is 8.59. The summed E-state index contributed by atoms with van der Waals surface area (Å²) in [7, 11) is 1.26. The van der Waals surface area contributed by atoms with Crippen molar-refractivity contribution >= 4 is 5.82 Å². The number of hydrogen-bond donors (Lipinski definition) is 2. The van der Waals surface area contributed by atoms with Crippen molar-refractivity contribution in [3.63, 3.8) is 0 Å². The molecule has 0 aliphatic rings. The molecule has 1 heterocycles. The van der Waals surface area contributed by atoms with Gasteiger partial charge in [-0.15, -0.1) is 0 Å². The first-order valence-corrected chi connectivity index (χ1v) is 2.78. The number of anilines is 1. The van der Waals surface area contributed by atoms with Gasteiger partial charge in [-0.2, -0.15) is 4.39 Å². The van der Waals surface area contributed by atoms with E-state index in [9.17, 15) is 14.0 Å². The van der Waals surface area contributed by atoms with Gasteiger partial charge in [0.2, 0.25) is 5.82 Å². The Labute approximate surface area is 60.3 Å². The first kappa shape index (κ1) is 7.52. The van der Waals surface area contributed by atoms with Crippen LogP contribution in [0, 0.1) is 5.82 Å². The number of halogens is 1. The molecule has 0 saturated heterocycles. The van der Waals surface area contributed by atoms with E-state index in [1.54, 1.807) is 4.98 Å². The van der Waals surface area contributed by atoms with E-state index in [4.69, 9.17) is 5.73 Å². The summed E-state index contributed by atoms with van der Waals surface area (Å²) >= 11 is 0. The van der Waals surface area contributed by atoms with Crippen molar-refractivity contribution in [2.24, 2.45) is 7.05 Å². The van der Waals surface area contributed by atoms with Crippen LogP contribution in [0.4, 0.5) is 10.2 Å². The van der Waals surface area contributed by atoms with Crippen molar-refractivity contribution in [3.05, 3.63) is 26.7 Å². The minimum Gasteiger partial charge on any atom is -0.382 e. The van der Waals surface area contributed by atoms with Crippen LogP contribution < -0.4 is 17.0 Å². The third-order valence-electron chi connectivity index (χ3n) is 1.31. The lowest BCUT2D eigenvalue weighted by molar-refractivity contribution is 0.586. The maximum atomic E-state index is 12.5. The minimum atomic E-state index is -1.13. The predicted octanol–water partition coefficient (Wildman–Crippen LogP) is -1.21. The van der Waals surface area contributed by atoms with Gasteiger partial charge in [-0.3, -0.25) is 14.3 Å². The molecule has 0 aliphatic carbocycles. The van der Waals surface area contributed by atoms with Crippen molar-refractivity contribution in [3.8, 4) is 0 Å². The van der Waals surface area contributed by atoms with E-state index < -0.39 is 22.9 Å². The van der Waals surface area contributed by atoms with E-state index in [0.29, 0.717) is 0 Å². The Balaban J connectivity index is 3.73. The largest absolute Gasteiger partial charge is 0.382 e. The molecule has 0 atom stereocenters. The van der Waals surface area contributed by atoms with Crippen molar-refractivity contribution in [2.75, 3.05) is 5.73 Å². The van der Waals surface area contributed by atoms with Gasteiger partial charge in [-0.1, -0.05) is 0 Å². The van der Waals surface area contributed by atoms with Gasteiger partial charge in [0.05, 0.1) is 0 Å². The molecule has 0 radical (unpaired) electrons. The fourth-order valence-corrected chi connectivity index (χ4v) is 0.609. The van der Waals surface area contributed by atoms with E-state index in [-0.39, 0.29) is 0 Å². The second-order valence-electron chi connectivity index (χ2n) is 2.02. The quantitative estimate of drug-likeness (QED) is 0.498. The van der Waals surface area contributed by atoms with Crippen LogP contribution in [0.25, 0.3) is 0 Å². The Morgan fingerprint density at radius 2 is 2.09 bits per heavy atom. The summed E-state index contributed by atoms with van der Waals surface area (Å²) in [5.41, 5.74) is 3.23. The highest BCUT2D eigenvalue weighted by molar-refractivity contribution is 5.28. The van der Waals surface area contributed by atoms with Crippen molar-refractivity contribution in [1.82, 2.24) is 9.55 Å². The SMILES string of the molecule is Cn1c(N)c(F)c(=O)[nH]c1=O. The lowest BCUT2D eigenvalue weighted by Gasteiger charge is -2.00. The van der Waals surface area contributed by atoms with Crippen LogP contribution in [0.1, 0.15) is 0 Å². The maximum Gasteiger partial charge on any atom is 0.329 e. The smallest absolute Gasteiger partial charge is 0.329 e. The van der Waals surface area contributed by atoms with Crippen LogP contribution in [0.3, 0.4) is 0 Å². The number of H-pyrrole nitrogens is 1. The van der Waals surface area contributed by atoms with E-state index in [1.807, 2.05) is 0 Å². The van der Waals surface area contributed by atoms with E-state index in [1.165, 1.54) is 7.05 Å². The summed E-state index contributed by atoms with van der Waals surface area (Å²) in [4.78, 5) is 22.9. The Hall–Kier alpha value is -1.59. The predicted molar refractivity (Wildman–Crippen MR) is 36.7 cm³/mol. The van der Waals surface area contributed by atoms with Gasteiger partial charge in [0, 0.05) is 7.05 Å². The molecule has 0 saturated carbocycles. The molecule has 1 rings (SSSR count). The number of rotatable bonds is 0. The van der Waals surface area contributed by atoms with Crippen LogP contribution in [-0.2, 0) is 7.05 Å². The van der Waals surface area contributed by atoms with Gasteiger partial charge in [0.15, 0.2) is 0 Å². The van der Waals surface area contributed by atoms with Crippen molar-refractivity contribution in [2.45, 2.75) is 0 Å². The molecule has 6 heteroatoms. The molecule has 1 aromatic rings. The highest BCUT2D eigenvalue weighted by Gasteiger charge is 2.07. The van der Waals surface area contributed by atoms with Crippen LogP contribution in [0.5, 0.6) is 0 Å². The Kier molecular flexibility index (Phi) is 1.52. The summed E-state index contributed by atoms with van der Waals surface area (Å²) in [5, 5.41) is 0. The van der Waals surface area contributed by atoms with Crippen LogP contribution in [0.2, 0.25) is 0 Å². The molecule has 0 spiro atoms. The maximum absolute atomic E-state index is 12.5. The second kappa shape index (κ2) is 2.22. The molecule has 1 aromatic heterocycles. The fourth-order valence-electron chi connectivity index (χ4n) is 0.609. The van der Waals surface area contributed by atoms with Gasteiger partial charge < -0.3 is 5.73 Å². The molecular formula is C5H6FN3O2. The highest BCUT2D eigenvalue weighted by atomic mass is 19.1. The molecule has 0 unspecified atom stereocenters. The number of hydrogen-bond acceptors (Lipinski definition) is 3. The zero-order valence-corrected chi connectivity index (χ0v) is 5.72. The molecule has 0 amide bonds. The van der Waals surface area contributed by atoms with Gasteiger partial charge in [-0.25, -0.2) is 4.79 Å². The number of aromatic nitrogens is 2. The topological polar surface area (TPSA) is 80.9 Å². The summed E-state index contributed by atoms with van der Waals surface area (Å²) < 4.78 is 13.4. The lowest BCUT2D eigenvalue weighted by atomic mass is 10.5. The summed E-state index contributed by atoms with van der Waals surface area (Å²) in [5.74, 6) is -1.59. The molecule has 0 aliphatic heterocycles. The summed E-state index contributed by atoms with van der Waals surface area (Å²) in [6.45, 7) is 0. The molecule has 60 valence electrons. The van der Waals surface area contributed by atoms with Crippen molar-refractivity contribution in [1.29, 1.82) is 0 Å². The van der Waals surface area contributed by atoms with Crippen LogP contribution in [0.15, 0.2) is 9.59 Å². The number of nitrogens with one attached hydrogen (secondary N) is 1. The summed E-state index contributed by atoms with van der Waals surface area (Å²) in [6.07, 6.45) is 0. The lowest BCUT2D eigenvalue weighted by Crippen LogP contribution is -2.32. The Morgan fingerprint density at radius 1 is 1.55 bits per heavy atom. The molecule has 0 bridgehead atoms. The third kappa shape index (κ3) is 1.02. The molecule has 0 fully saturated rings. The first-order chi connectivity index (χ1) is 5.04. The average molecular weight is 159 g/mol. The van der Waals surface area contributed by atoms with Gasteiger partial charge >= 0.3 is 5.69 Å². The highest BCUT2D eigenvalue weighted by Crippen LogP contribution is 1.96. The first-order valence-electron chi connectivity index (χ1n) is 2.78. The van der Waals surface area contributed by atoms with Crippen LogP contribution >= 0.6 is 0 Å². The van der Waals surface area contributed by atoms with Crippen molar-refractivity contribution < 1.29 is 4.39 Å². The fraction of sp³-hybridized carbons (Fsp3) is 0.200. The Bertz CT molecular complexity index is 357. The van der Waals surface area contributed by atoms with Gasteiger partial charge in [-0.05, 0) is 0 Å². The van der Waals surface area contributed by atoms with E-state index in [2.05, 4.69) is 0 Å². The second-order valence-corrected chi connectivity index (χ2v) is 2.02. The van der Waals surface area contributed by atoms with Gasteiger partial charge in [0.1, 0.15) is 5.82 Å². The molecule has 5 nitrogen and oxygen atoms in total. The molecule has 11 heavy (non-hydrogen) atoms. The number of nitrogens with two attached hydrogens (primary N) is 1. The van der Waals surface area contributed by atoms with E-state index in [0.717, 1.165) is 4.57 Å². The molecular weight excluding hydrogens is 153 g/mol. The monoisotopic (exact) mass is 159 g/mol. The number of nitrogen functional groups attached to an aromatic ring is 1. The standard InChI is InChI=1S/C5H6FN3O2/c1-9-3(7)2(6)4(10)8-5(9)11/h7H2,1H3,(H,8,10,11).